The van der Waals surface area contributed by atoms with Gasteiger partial charge in [-0.05, 0) is 54.3 Å². The summed E-state index contributed by atoms with van der Waals surface area (Å²) in [6.45, 7) is 14.7. The van der Waals surface area contributed by atoms with Gasteiger partial charge < -0.3 is 0 Å². The maximum atomic E-state index is 15.5. The fourth-order valence-electron chi connectivity index (χ4n) is 5.83. The molecule has 0 aliphatic carbocycles. The molecule has 0 saturated carbocycles. The number of hydrogen-bond acceptors (Lipinski definition) is 2. The van der Waals surface area contributed by atoms with E-state index in [1.165, 1.54) is 0 Å². The number of nitrogens with zero attached hydrogens (tertiary/aromatic N) is 2. The molecule has 2 aromatic heterocycles. The highest BCUT2D eigenvalue weighted by Crippen LogP contribution is 2.43. The summed E-state index contributed by atoms with van der Waals surface area (Å²) in [6.07, 6.45) is 0. The van der Waals surface area contributed by atoms with Crippen molar-refractivity contribution >= 4 is 0 Å². The van der Waals surface area contributed by atoms with Gasteiger partial charge in [-0.2, -0.15) is 0 Å². The normalized spacial score (nSPS) is 18.3. The van der Waals surface area contributed by atoms with Gasteiger partial charge >= 0.3 is 0 Å². The second-order valence-corrected chi connectivity index (χ2v) is 13.0. The summed E-state index contributed by atoms with van der Waals surface area (Å²) in [6, 6.07) is 16.2. The van der Waals surface area contributed by atoms with Crippen LogP contribution in [0.5, 0.6) is 0 Å². The van der Waals surface area contributed by atoms with Gasteiger partial charge in [-0.3, -0.25) is 4.98 Å². The molecule has 4 aromatic rings. The quantitative estimate of drug-likeness (QED) is 0.206. The molecule has 1 aliphatic heterocycles. The molecule has 208 valence electrons. The third-order valence-electron chi connectivity index (χ3n) is 8.85. The Hall–Kier alpha value is -3.54. The van der Waals surface area contributed by atoms with Gasteiger partial charge in [-0.15, -0.1) is 0 Å². The first-order valence-corrected chi connectivity index (χ1v) is 13.4. The summed E-state index contributed by atoms with van der Waals surface area (Å²) in [5.74, 6) is -2.82. The number of pyridine rings is 2. The highest BCUT2D eigenvalue weighted by molar-refractivity contribution is 5.48. The number of halogens is 4. The maximum absolute atomic E-state index is 15.5. The molecular formula is C34H34F4N2. The van der Waals surface area contributed by atoms with E-state index in [1.54, 1.807) is 38.1 Å². The predicted octanol–water partition coefficient (Wildman–Crippen LogP) is 8.65. The number of benzene rings is 2. The Bertz CT molecular complexity index is 1420. The average Bonchev–Trinajstić information content (AvgIpc) is 2.87. The van der Waals surface area contributed by atoms with E-state index < -0.39 is 44.9 Å². The van der Waals surface area contributed by atoms with Crippen LogP contribution >= 0.6 is 0 Å². The zero-order valence-electron chi connectivity index (χ0n) is 24.2. The summed E-state index contributed by atoms with van der Waals surface area (Å²) in [7, 11) is 0. The van der Waals surface area contributed by atoms with Crippen molar-refractivity contribution in [3.05, 3.63) is 129 Å². The number of hydrogen-bond donors (Lipinski definition) is 0. The van der Waals surface area contributed by atoms with Crippen LogP contribution in [0.1, 0.15) is 100 Å². The van der Waals surface area contributed by atoms with Crippen molar-refractivity contribution < 1.29 is 17.6 Å². The van der Waals surface area contributed by atoms with Crippen molar-refractivity contribution in [2.75, 3.05) is 0 Å². The van der Waals surface area contributed by atoms with Gasteiger partial charge in [0.15, 0.2) is 0 Å². The summed E-state index contributed by atoms with van der Waals surface area (Å²) in [5.41, 5.74) is -0.514. The van der Waals surface area contributed by atoms with E-state index in [-0.39, 0.29) is 11.4 Å². The first kappa shape index (κ1) is 28.0. The molecule has 0 amide bonds. The minimum Gasteiger partial charge on any atom is -0.256 e. The smallest absolute Gasteiger partial charge is 0.148 e. The van der Waals surface area contributed by atoms with Crippen molar-refractivity contribution in [1.29, 1.82) is 0 Å². The van der Waals surface area contributed by atoms with Crippen LogP contribution in [-0.4, -0.2) is 9.97 Å². The Kier molecular flexibility index (Phi) is 6.29. The SMILES string of the molecule is CC1(C)c2cccc(c2)C(C)(C)c2nc(c(F)cc2F)C(C)(C)c2cccc(n2)C(C)(C)c2cc1c(F)cc2F. The molecule has 2 aromatic carbocycles. The van der Waals surface area contributed by atoms with Crippen molar-refractivity contribution in [1.82, 2.24) is 9.97 Å². The van der Waals surface area contributed by atoms with E-state index in [0.717, 1.165) is 23.3 Å². The summed E-state index contributed by atoms with van der Waals surface area (Å²) >= 11 is 0. The van der Waals surface area contributed by atoms with E-state index in [9.17, 15) is 0 Å². The second kappa shape index (κ2) is 8.98. The lowest BCUT2D eigenvalue weighted by atomic mass is 9.72. The van der Waals surface area contributed by atoms with E-state index >= 15 is 17.6 Å². The zero-order chi connectivity index (χ0) is 29.4. The molecule has 2 nitrogen and oxygen atoms in total. The van der Waals surface area contributed by atoms with Crippen LogP contribution in [0.15, 0.2) is 60.7 Å². The van der Waals surface area contributed by atoms with Crippen LogP contribution in [0, 0.1) is 23.3 Å². The second-order valence-electron chi connectivity index (χ2n) is 13.0. The standard InChI is InChI=1S/C34H34F4N2/c1-31(2)19-11-9-12-20(15-19)32(3,4)29-25(37)18-26(38)30(40-29)34(7,8)28-14-10-13-27(39-28)33(5,6)22-16-21(31)23(35)17-24(22)36/h9-18H,1-8H3. The molecule has 0 fully saturated rings. The summed E-state index contributed by atoms with van der Waals surface area (Å²) in [4.78, 5) is 9.50. The van der Waals surface area contributed by atoms with Crippen LogP contribution < -0.4 is 0 Å². The van der Waals surface area contributed by atoms with E-state index in [4.69, 9.17) is 4.98 Å². The maximum Gasteiger partial charge on any atom is 0.148 e. The Balaban J connectivity index is 1.92. The number of rotatable bonds is 0. The largest absolute Gasteiger partial charge is 0.256 e. The van der Waals surface area contributed by atoms with Gasteiger partial charge in [0, 0.05) is 28.4 Å². The average molecular weight is 547 g/mol. The fourth-order valence-corrected chi connectivity index (χ4v) is 5.83. The van der Waals surface area contributed by atoms with Crippen LogP contribution in [-0.2, 0) is 21.7 Å². The third-order valence-corrected chi connectivity index (χ3v) is 8.85. The first-order chi connectivity index (χ1) is 18.5. The van der Waals surface area contributed by atoms with E-state index in [0.29, 0.717) is 22.5 Å². The van der Waals surface area contributed by atoms with Gasteiger partial charge in [0.05, 0.1) is 28.2 Å². The molecule has 1 aliphatic rings. The first-order valence-electron chi connectivity index (χ1n) is 13.4. The van der Waals surface area contributed by atoms with Gasteiger partial charge in [0.1, 0.15) is 23.3 Å². The Morgan fingerprint density at radius 2 is 0.900 bits per heavy atom. The van der Waals surface area contributed by atoms with Crippen LogP contribution in [0.25, 0.3) is 0 Å². The van der Waals surface area contributed by atoms with Crippen LogP contribution in [0.3, 0.4) is 0 Å². The van der Waals surface area contributed by atoms with Crippen molar-refractivity contribution in [2.45, 2.75) is 77.0 Å². The lowest BCUT2D eigenvalue weighted by Crippen LogP contribution is -2.31. The molecule has 0 atom stereocenters. The Morgan fingerprint density at radius 3 is 1.50 bits per heavy atom. The third kappa shape index (κ3) is 4.15. The number of aromatic nitrogens is 2. The summed E-state index contributed by atoms with van der Waals surface area (Å²) in [5, 5.41) is 0. The van der Waals surface area contributed by atoms with E-state index in [1.807, 2.05) is 65.8 Å². The Morgan fingerprint density at radius 1 is 0.450 bits per heavy atom. The molecule has 40 heavy (non-hydrogen) atoms. The molecular weight excluding hydrogens is 512 g/mol. The van der Waals surface area contributed by atoms with Crippen LogP contribution in [0.2, 0.25) is 0 Å². The summed E-state index contributed by atoms with van der Waals surface area (Å²) < 4.78 is 61.9. The molecule has 5 rings (SSSR count). The topological polar surface area (TPSA) is 25.8 Å². The minimum atomic E-state index is -1.05. The number of fused-ring (bicyclic) bond motifs is 8. The predicted molar refractivity (Wildman–Crippen MR) is 150 cm³/mol. The van der Waals surface area contributed by atoms with Gasteiger partial charge in [-0.1, -0.05) is 71.9 Å². The highest BCUT2D eigenvalue weighted by Gasteiger charge is 2.39. The molecule has 0 unspecified atom stereocenters. The van der Waals surface area contributed by atoms with Gasteiger partial charge in [-0.25, -0.2) is 22.5 Å². The van der Waals surface area contributed by atoms with Crippen molar-refractivity contribution in [2.24, 2.45) is 0 Å². The molecule has 8 bridgehead atoms. The lowest BCUT2D eigenvalue weighted by Gasteiger charge is -2.34. The fraction of sp³-hybridized carbons (Fsp3) is 0.353. The molecule has 0 N–H and O–H groups in total. The van der Waals surface area contributed by atoms with Gasteiger partial charge in [0.2, 0.25) is 0 Å². The lowest BCUT2D eigenvalue weighted by molar-refractivity contribution is 0.464. The molecule has 0 saturated heterocycles. The van der Waals surface area contributed by atoms with Crippen molar-refractivity contribution in [3.63, 3.8) is 0 Å². The molecule has 0 radical (unpaired) electrons. The highest BCUT2D eigenvalue weighted by atomic mass is 19.1. The molecule has 3 heterocycles. The van der Waals surface area contributed by atoms with E-state index in [2.05, 4.69) is 4.98 Å². The Labute approximate surface area is 233 Å². The monoisotopic (exact) mass is 546 g/mol. The molecule has 0 spiro atoms. The van der Waals surface area contributed by atoms with Gasteiger partial charge in [0.25, 0.3) is 0 Å². The molecule has 6 heteroatoms. The van der Waals surface area contributed by atoms with Crippen molar-refractivity contribution in [3.8, 4) is 0 Å². The van der Waals surface area contributed by atoms with Crippen LogP contribution in [0.4, 0.5) is 17.6 Å². The zero-order valence-corrected chi connectivity index (χ0v) is 24.2. The minimum absolute atomic E-state index is 0.0678.